The fraction of sp³-hybridized carbons (Fsp3) is 0.458. The van der Waals surface area contributed by atoms with Crippen molar-refractivity contribution in [3.63, 3.8) is 0 Å². The van der Waals surface area contributed by atoms with Gasteiger partial charge in [-0.1, -0.05) is 12.1 Å². The van der Waals surface area contributed by atoms with E-state index in [2.05, 4.69) is 5.32 Å². The third-order valence-corrected chi connectivity index (χ3v) is 7.13. The largest absolute Gasteiger partial charge is 0.497 e. The normalized spacial score (nSPS) is 29.8. The Labute approximate surface area is 186 Å². The van der Waals surface area contributed by atoms with Crippen LogP contribution in [0.2, 0.25) is 0 Å². The Bertz CT molecular complexity index is 1030. The van der Waals surface area contributed by atoms with Crippen molar-refractivity contribution in [3.05, 3.63) is 54.0 Å². The molecule has 3 fully saturated rings. The molecule has 168 valence electrons. The second kappa shape index (κ2) is 7.78. The predicted molar refractivity (Wildman–Crippen MR) is 114 cm³/mol. The molecule has 0 saturated carbocycles. The lowest BCUT2D eigenvalue weighted by Crippen LogP contribution is -2.63. The van der Waals surface area contributed by atoms with Gasteiger partial charge in [-0.3, -0.25) is 24.6 Å². The number of hydrogen-bond acceptors (Lipinski definition) is 6. The molecule has 0 radical (unpaired) electrons. The predicted octanol–water partition coefficient (Wildman–Crippen LogP) is 2.11. The SMILES string of the molecule is CCN1C(=O)[C@H]2[C@@H](c3ccc(OC)cc3)N[C@]3(CCCN(Cc4ccco4)C3=O)[C@H]2C1=O. The van der Waals surface area contributed by atoms with E-state index in [0.717, 1.165) is 12.0 Å². The van der Waals surface area contributed by atoms with E-state index in [-0.39, 0.29) is 17.7 Å². The van der Waals surface area contributed by atoms with E-state index < -0.39 is 23.4 Å². The maximum Gasteiger partial charge on any atom is 0.244 e. The molecule has 8 heteroatoms. The molecule has 1 spiro atoms. The molecule has 32 heavy (non-hydrogen) atoms. The van der Waals surface area contributed by atoms with E-state index in [1.807, 2.05) is 30.3 Å². The molecule has 0 unspecified atom stereocenters. The van der Waals surface area contributed by atoms with Crippen molar-refractivity contribution >= 4 is 17.7 Å². The second-order valence-electron chi connectivity index (χ2n) is 8.70. The Morgan fingerprint density at radius 2 is 1.94 bits per heavy atom. The van der Waals surface area contributed by atoms with Crippen molar-refractivity contribution in [3.8, 4) is 5.75 Å². The van der Waals surface area contributed by atoms with Crippen LogP contribution in [-0.4, -0.2) is 53.3 Å². The van der Waals surface area contributed by atoms with Crippen molar-refractivity contribution in [2.24, 2.45) is 11.8 Å². The first kappa shape index (κ1) is 20.8. The number of carbonyl (C=O) groups is 3. The number of nitrogens with zero attached hydrogens (tertiary/aromatic N) is 2. The number of imide groups is 1. The van der Waals surface area contributed by atoms with E-state index in [1.165, 1.54) is 4.90 Å². The van der Waals surface area contributed by atoms with E-state index in [4.69, 9.17) is 9.15 Å². The number of carbonyl (C=O) groups excluding carboxylic acids is 3. The van der Waals surface area contributed by atoms with Crippen LogP contribution in [-0.2, 0) is 20.9 Å². The Balaban J connectivity index is 1.54. The van der Waals surface area contributed by atoms with Crippen LogP contribution < -0.4 is 10.1 Å². The number of likely N-dealkylation sites (tertiary alicyclic amines) is 2. The van der Waals surface area contributed by atoms with Gasteiger partial charge in [-0.15, -0.1) is 0 Å². The summed E-state index contributed by atoms with van der Waals surface area (Å²) >= 11 is 0. The second-order valence-corrected chi connectivity index (χ2v) is 8.70. The average molecular weight is 437 g/mol. The Morgan fingerprint density at radius 1 is 1.16 bits per heavy atom. The molecular weight excluding hydrogens is 410 g/mol. The molecule has 1 N–H and O–H groups in total. The number of methoxy groups -OCH3 is 1. The van der Waals surface area contributed by atoms with Gasteiger partial charge in [0.05, 0.1) is 31.8 Å². The zero-order valence-electron chi connectivity index (χ0n) is 18.2. The summed E-state index contributed by atoms with van der Waals surface area (Å²) in [5.74, 6) is -0.508. The molecule has 3 aliphatic heterocycles. The molecule has 0 bridgehead atoms. The van der Waals surface area contributed by atoms with Gasteiger partial charge in [-0.05, 0) is 49.6 Å². The van der Waals surface area contributed by atoms with Crippen molar-refractivity contribution in [1.82, 2.24) is 15.1 Å². The van der Waals surface area contributed by atoms with Crippen LogP contribution in [0, 0.1) is 11.8 Å². The van der Waals surface area contributed by atoms with Gasteiger partial charge in [-0.25, -0.2) is 0 Å². The Kier molecular flexibility index (Phi) is 5.04. The fourth-order valence-electron chi connectivity index (χ4n) is 5.68. The topological polar surface area (TPSA) is 92.1 Å². The number of amides is 3. The molecule has 3 saturated heterocycles. The van der Waals surface area contributed by atoms with Crippen LogP contribution in [0.15, 0.2) is 47.1 Å². The lowest BCUT2D eigenvalue weighted by molar-refractivity contribution is -0.150. The minimum Gasteiger partial charge on any atom is -0.497 e. The highest BCUT2D eigenvalue weighted by molar-refractivity contribution is 6.10. The number of furan rings is 1. The average Bonchev–Trinajstić information content (AvgIpc) is 3.49. The van der Waals surface area contributed by atoms with Gasteiger partial charge in [0.25, 0.3) is 0 Å². The molecular formula is C24H27N3O5. The highest BCUT2D eigenvalue weighted by Crippen LogP contribution is 2.52. The quantitative estimate of drug-likeness (QED) is 0.721. The first-order valence-electron chi connectivity index (χ1n) is 11.1. The van der Waals surface area contributed by atoms with Crippen molar-refractivity contribution in [2.45, 2.75) is 37.9 Å². The van der Waals surface area contributed by atoms with Crippen LogP contribution in [0.4, 0.5) is 0 Å². The van der Waals surface area contributed by atoms with Crippen LogP contribution in [0.25, 0.3) is 0 Å². The number of hydrogen-bond donors (Lipinski definition) is 1. The smallest absolute Gasteiger partial charge is 0.244 e. The minimum absolute atomic E-state index is 0.134. The van der Waals surface area contributed by atoms with E-state index in [1.54, 1.807) is 31.3 Å². The summed E-state index contributed by atoms with van der Waals surface area (Å²) in [6.07, 6.45) is 2.85. The standard InChI is InChI=1S/C24H27N3O5/c1-3-27-21(28)18-19(22(27)29)24(25-20(18)15-7-9-16(31-2)10-8-15)11-5-12-26(23(24)30)14-17-6-4-13-32-17/h4,6-10,13,18-20,25H,3,5,11-12,14H2,1-2H3/t18-,19-,20-,24-/m1/s1. The monoisotopic (exact) mass is 437 g/mol. The van der Waals surface area contributed by atoms with E-state index in [0.29, 0.717) is 37.6 Å². The van der Waals surface area contributed by atoms with Gasteiger partial charge in [0.1, 0.15) is 17.0 Å². The number of benzene rings is 1. The van der Waals surface area contributed by atoms with Crippen molar-refractivity contribution in [1.29, 1.82) is 0 Å². The molecule has 0 aliphatic carbocycles. The summed E-state index contributed by atoms with van der Waals surface area (Å²) in [7, 11) is 1.60. The summed E-state index contributed by atoms with van der Waals surface area (Å²) in [5.41, 5.74) is -0.232. The summed E-state index contributed by atoms with van der Waals surface area (Å²) in [6.45, 7) is 3.04. The van der Waals surface area contributed by atoms with E-state index in [9.17, 15) is 14.4 Å². The number of fused-ring (bicyclic) bond motifs is 2. The van der Waals surface area contributed by atoms with Crippen LogP contribution >= 0.6 is 0 Å². The first-order chi connectivity index (χ1) is 15.5. The molecule has 3 aliphatic rings. The van der Waals surface area contributed by atoms with Crippen molar-refractivity contribution < 1.29 is 23.5 Å². The minimum atomic E-state index is -1.10. The fourth-order valence-corrected chi connectivity index (χ4v) is 5.68. The maximum atomic E-state index is 13.9. The molecule has 1 aromatic carbocycles. The maximum absolute atomic E-state index is 13.9. The zero-order chi connectivity index (χ0) is 22.5. The lowest BCUT2D eigenvalue weighted by atomic mass is 9.74. The first-order valence-corrected chi connectivity index (χ1v) is 11.1. The van der Waals surface area contributed by atoms with E-state index >= 15 is 0 Å². The Hall–Kier alpha value is -3.13. The molecule has 4 atom stereocenters. The number of rotatable bonds is 5. The van der Waals surface area contributed by atoms with Crippen molar-refractivity contribution in [2.75, 3.05) is 20.2 Å². The summed E-state index contributed by atoms with van der Waals surface area (Å²) in [6, 6.07) is 10.7. The zero-order valence-corrected chi connectivity index (χ0v) is 18.2. The molecule has 2 aromatic rings. The summed E-state index contributed by atoms with van der Waals surface area (Å²) in [5, 5.41) is 3.50. The van der Waals surface area contributed by atoms with Gasteiger partial charge < -0.3 is 14.1 Å². The third-order valence-electron chi connectivity index (χ3n) is 7.13. The van der Waals surface area contributed by atoms with Gasteiger partial charge in [0.2, 0.25) is 17.7 Å². The van der Waals surface area contributed by atoms with Gasteiger partial charge in [0, 0.05) is 19.1 Å². The van der Waals surface area contributed by atoms with Gasteiger partial charge in [-0.2, -0.15) is 0 Å². The Morgan fingerprint density at radius 3 is 2.59 bits per heavy atom. The van der Waals surface area contributed by atoms with Crippen LogP contribution in [0.3, 0.4) is 0 Å². The lowest BCUT2D eigenvalue weighted by Gasteiger charge is -2.42. The number of nitrogens with one attached hydrogen (secondary N) is 1. The van der Waals surface area contributed by atoms with Gasteiger partial charge in [0.15, 0.2) is 0 Å². The molecule has 3 amide bonds. The van der Waals surface area contributed by atoms with Gasteiger partial charge >= 0.3 is 0 Å². The molecule has 8 nitrogen and oxygen atoms in total. The van der Waals surface area contributed by atoms with Crippen LogP contribution in [0.1, 0.15) is 37.1 Å². The highest BCUT2D eigenvalue weighted by atomic mass is 16.5. The highest BCUT2D eigenvalue weighted by Gasteiger charge is 2.68. The molecule has 5 rings (SSSR count). The number of piperidine rings is 1. The van der Waals surface area contributed by atoms with Crippen LogP contribution in [0.5, 0.6) is 5.75 Å². The third kappa shape index (κ3) is 2.97. The summed E-state index contributed by atoms with van der Waals surface area (Å²) in [4.78, 5) is 43.6. The molecule has 4 heterocycles. The number of ether oxygens (including phenoxy) is 1. The molecule has 1 aromatic heterocycles. The summed E-state index contributed by atoms with van der Waals surface area (Å²) < 4.78 is 10.7.